The molecular formula is C18H30N2O3S. The van der Waals surface area contributed by atoms with Crippen LogP contribution in [-0.2, 0) is 20.2 Å². The average molecular weight is 355 g/mol. The Kier molecular flexibility index (Phi) is 6.09. The number of hydrogen-bond acceptors (Lipinski definition) is 3. The summed E-state index contributed by atoms with van der Waals surface area (Å²) in [7, 11) is -3.49. The first-order valence-corrected chi connectivity index (χ1v) is 9.95. The van der Waals surface area contributed by atoms with Gasteiger partial charge in [0.2, 0.25) is 15.9 Å². The van der Waals surface area contributed by atoms with Gasteiger partial charge < -0.3 is 5.32 Å². The lowest BCUT2D eigenvalue weighted by molar-refractivity contribution is -0.122. The van der Waals surface area contributed by atoms with Crippen molar-refractivity contribution in [1.82, 2.24) is 5.32 Å². The second kappa shape index (κ2) is 7.13. The van der Waals surface area contributed by atoms with Crippen LogP contribution in [0.5, 0.6) is 0 Å². The number of nitrogens with one attached hydrogen (secondary N) is 1. The van der Waals surface area contributed by atoms with E-state index in [0.717, 1.165) is 5.56 Å². The molecule has 0 aliphatic heterocycles. The van der Waals surface area contributed by atoms with E-state index in [0.29, 0.717) is 5.69 Å². The number of carbonyl (C=O) groups excluding carboxylic acids is 1. The highest BCUT2D eigenvalue weighted by Gasteiger charge is 2.26. The summed E-state index contributed by atoms with van der Waals surface area (Å²) in [4.78, 5) is 12.1. The van der Waals surface area contributed by atoms with Crippen molar-refractivity contribution in [2.75, 3.05) is 17.1 Å². The third-order valence-corrected chi connectivity index (χ3v) is 4.62. The fourth-order valence-corrected chi connectivity index (χ4v) is 3.41. The molecule has 0 fully saturated rings. The number of sulfonamides is 1. The molecule has 0 saturated carbocycles. The second-order valence-corrected chi connectivity index (χ2v) is 10.1. The van der Waals surface area contributed by atoms with Crippen molar-refractivity contribution in [1.29, 1.82) is 0 Å². The zero-order valence-corrected chi connectivity index (χ0v) is 16.6. The minimum atomic E-state index is -3.49. The molecule has 24 heavy (non-hydrogen) atoms. The van der Waals surface area contributed by atoms with Gasteiger partial charge in [0.05, 0.1) is 11.9 Å². The maximum Gasteiger partial charge on any atom is 0.232 e. The standard InChI is InChI=1S/C18H30N2O3S/c1-17(2,3)14-10-8-9-11-15(14)20(24(7,22)23)13-12-16(21)19-18(4,5)6/h8-11H,12-13H2,1-7H3,(H,19,21). The number of hydrogen-bond donors (Lipinski definition) is 1. The smallest absolute Gasteiger partial charge is 0.232 e. The van der Waals surface area contributed by atoms with Crippen molar-refractivity contribution < 1.29 is 13.2 Å². The molecule has 0 aliphatic carbocycles. The van der Waals surface area contributed by atoms with Gasteiger partial charge in [-0.05, 0) is 37.8 Å². The first-order chi connectivity index (χ1) is 10.7. The molecule has 1 rings (SSSR count). The number of benzene rings is 1. The number of carbonyl (C=O) groups is 1. The van der Waals surface area contributed by atoms with Gasteiger partial charge >= 0.3 is 0 Å². The van der Waals surface area contributed by atoms with E-state index in [9.17, 15) is 13.2 Å². The number of rotatable bonds is 5. The first kappa shape index (κ1) is 20.5. The predicted octanol–water partition coefficient (Wildman–Crippen LogP) is 3.05. The van der Waals surface area contributed by atoms with Crippen molar-refractivity contribution in [3.63, 3.8) is 0 Å². The lowest BCUT2D eigenvalue weighted by Crippen LogP contribution is -2.42. The first-order valence-electron chi connectivity index (χ1n) is 8.10. The molecule has 6 heteroatoms. The van der Waals surface area contributed by atoms with Gasteiger partial charge in [0.15, 0.2) is 0 Å². The quantitative estimate of drug-likeness (QED) is 0.884. The Labute approximate surface area is 146 Å². The average Bonchev–Trinajstić information content (AvgIpc) is 2.34. The van der Waals surface area contributed by atoms with Gasteiger partial charge in [-0.25, -0.2) is 8.42 Å². The summed E-state index contributed by atoms with van der Waals surface area (Å²) in [5.74, 6) is -0.163. The molecule has 0 heterocycles. The summed E-state index contributed by atoms with van der Waals surface area (Å²) < 4.78 is 25.9. The number of nitrogens with zero attached hydrogens (tertiary/aromatic N) is 1. The lowest BCUT2D eigenvalue weighted by Gasteiger charge is -2.30. The van der Waals surface area contributed by atoms with Crippen LogP contribution in [0.4, 0.5) is 5.69 Å². The highest BCUT2D eigenvalue weighted by atomic mass is 32.2. The third kappa shape index (κ3) is 6.15. The summed E-state index contributed by atoms with van der Waals surface area (Å²) >= 11 is 0. The van der Waals surface area contributed by atoms with Crippen LogP contribution in [0.25, 0.3) is 0 Å². The van der Waals surface area contributed by atoms with E-state index < -0.39 is 10.0 Å². The zero-order chi connectivity index (χ0) is 18.8. The number of anilines is 1. The van der Waals surface area contributed by atoms with Gasteiger partial charge in [0, 0.05) is 18.5 Å². The molecule has 0 saturated heterocycles. The maximum absolute atomic E-state index is 12.3. The van der Waals surface area contributed by atoms with Crippen LogP contribution in [0.15, 0.2) is 24.3 Å². The van der Waals surface area contributed by atoms with E-state index in [4.69, 9.17) is 0 Å². The van der Waals surface area contributed by atoms with Crippen LogP contribution in [0.3, 0.4) is 0 Å². The van der Waals surface area contributed by atoms with E-state index in [1.165, 1.54) is 10.6 Å². The summed E-state index contributed by atoms with van der Waals surface area (Å²) in [5, 5.41) is 2.86. The summed E-state index contributed by atoms with van der Waals surface area (Å²) in [6.07, 6.45) is 1.29. The van der Waals surface area contributed by atoms with Crippen molar-refractivity contribution >= 4 is 21.6 Å². The minimum absolute atomic E-state index is 0.114. The molecule has 0 aromatic heterocycles. The molecule has 5 nitrogen and oxygen atoms in total. The fourth-order valence-electron chi connectivity index (χ4n) is 2.47. The van der Waals surface area contributed by atoms with Crippen LogP contribution in [0.1, 0.15) is 53.5 Å². The zero-order valence-electron chi connectivity index (χ0n) is 15.8. The van der Waals surface area contributed by atoms with Gasteiger partial charge in [-0.15, -0.1) is 0 Å². The van der Waals surface area contributed by atoms with E-state index in [2.05, 4.69) is 5.32 Å². The fraction of sp³-hybridized carbons (Fsp3) is 0.611. The predicted molar refractivity (Wildman–Crippen MR) is 99.8 cm³/mol. The van der Waals surface area contributed by atoms with Gasteiger partial charge in [0.1, 0.15) is 0 Å². The molecule has 0 unspecified atom stereocenters. The van der Waals surface area contributed by atoms with E-state index >= 15 is 0 Å². The van der Waals surface area contributed by atoms with Crippen molar-refractivity contribution in [3.8, 4) is 0 Å². The Bertz CT molecular complexity index is 683. The molecule has 0 atom stereocenters. The lowest BCUT2D eigenvalue weighted by atomic mass is 9.86. The second-order valence-electron chi connectivity index (χ2n) is 8.15. The largest absolute Gasteiger partial charge is 0.351 e. The molecular weight excluding hydrogens is 324 g/mol. The SMILES string of the molecule is CC(C)(C)NC(=O)CCN(c1ccccc1C(C)(C)C)S(C)(=O)=O. The van der Waals surface area contributed by atoms with Crippen LogP contribution >= 0.6 is 0 Å². The maximum atomic E-state index is 12.3. The van der Waals surface area contributed by atoms with Crippen molar-refractivity contribution in [2.45, 2.75) is 58.9 Å². The highest BCUT2D eigenvalue weighted by molar-refractivity contribution is 7.92. The topological polar surface area (TPSA) is 66.5 Å². The molecule has 1 amide bonds. The van der Waals surface area contributed by atoms with E-state index in [1.54, 1.807) is 6.07 Å². The van der Waals surface area contributed by atoms with Gasteiger partial charge in [-0.1, -0.05) is 39.0 Å². The summed E-state index contributed by atoms with van der Waals surface area (Å²) in [5.41, 5.74) is 1.03. The summed E-state index contributed by atoms with van der Waals surface area (Å²) in [6.45, 7) is 11.9. The number of para-hydroxylation sites is 1. The molecule has 0 spiro atoms. The monoisotopic (exact) mass is 354 g/mol. The highest BCUT2D eigenvalue weighted by Crippen LogP contribution is 2.33. The van der Waals surface area contributed by atoms with Crippen LogP contribution in [0.2, 0.25) is 0 Å². The van der Waals surface area contributed by atoms with Crippen LogP contribution < -0.4 is 9.62 Å². The van der Waals surface area contributed by atoms with E-state index in [1.807, 2.05) is 59.7 Å². The molecule has 1 N–H and O–H groups in total. The third-order valence-electron chi connectivity index (χ3n) is 3.44. The Balaban J connectivity index is 3.12. The molecule has 0 bridgehead atoms. The Morgan fingerprint density at radius 3 is 2.08 bits per heavy atom. The van der Waals surface area contributed by atoms with Crippen LogP contribution in [-0.4, -0.2) is 32.7 Å². The van der Waals surface area contributed by atoms with Gasteiger partial charge in [-0.2, -0.15) is 0 Å². The Morgan fingerprint density at radius 2 is 1.62 bits per heavy atom. The normalized spacial score (nSPS) is 12.8. The Hall–Kier alpha value is -1.56. The van der Waals surface area contributed by atoms with Crippen LogP contribution in [0, 0.1) is 0 Å². The summed E-state index contributed by atoms with van der Waals surface area (Å²) in [6, 6.07) is 7.45. The minimum Gasteiger partial charge on any atom is -0.351 e. The molecule has 0 radical (unpaired) electrons. The number of amides is 1. The molecule has 136 valence electrons. The molecule has 1 aromatic carbocycles. The van der Waals surface area contributed by atoms with Crippen molar-refractivity contribution in [2.24, 2.45) is 0 Å². The van der Waals surface area contributed by atoms with Gasteiger partial charge in [-0.3, -0.25) is 9.10 Å². The van der Waals surface area contributed by atoms with Crippen molar-refractivity contribution in [3.05, 3.63) is 29.8 Å². The Morgan fingerprint density at radius 1 is 1.08 bits per heavy atom. The van der Waals surface area contributed by atoms with E-state index in [-0.39, 0.29) is 29.8 Å². The van der Waals surface area contributed by atoms with Gasteiger partial charge in [0.25, 0.3) is 0 Å². The molecule has 0 aliphatic rings. The molecule has 1 aromatic rings.